The summed E-state index contributed by atoms with van der Waals surface area (Å²) in [6, 6.07) is 17.2. The molecule has 0 saturated carbocycles. The maximum Gasteiger partial charge on any atom is 0.266 e. The van der Waals surface area contributed by atoms with Crippen LogP contribution in [0.1, 0.15) is 39.3 Å². The van der Waals surface area contributed by atoms with Crippen LogP contribution in [0, 0.1) is 0 Å². The van der Waals surface area contributed by atoms with Crippen LogP contribution in [0.4, 0.5) is 0 Å². The fraction of sp³-hybridized carbons (Fsp3) is 0.261. The number of hydrogen-bond donors (Lipinski definition) is 2. The minimum Gasteiger partial charge on any atom is -0.321 e. The van der Waals surface area contributed by atoms with E-state index in [1.807, 2.05) is 37.4 Å². The summed E-state index contributed by atoms with van der Waals surface area (Å²) in [4.78, 5) is 15.3. The van der Waals surface area contributed by atoms with E-state index in [4.69, 9.17) is 0 Å². The van der Waals surface area contributed by atoms with Crippen LogP contribution in [0.3, 0.4) is 0 Å². The smallest absolute Gasteiger partial charge is 0.266 e. The summed E-state index contributed by atoms with van der Waals surface area (Å²) in [5.74, 6) is 0. The van der Waals surface area contributed by atoms with Crippen molar-refractivity contribution in [1.29, 1.82) is 0 Å². The monoisotopic (exact) mass is 378 g/mol. The quantitative estimate of drug-likeness (QED) is 0.450. The van der Waals surface area contributed by atoms with E-state index >= 15 is 0 Å². The summed E-state index contributed by atoms with van der Waals surface area (Å²) in [5, 5.41) is 7.57. The number of aromatic nitrogens is 1. The molecule has 0 spiro atoms. The zero-order valence-corrected chi connectivity index (χ0v) is 17.1. The molecule has 2 N–H and O–H groups in total. The van der Waals surface area contributed by atoms with Gasteiger partial charge in [-0.2, -0.15) is 0 Å². The summed E-state index contributed by atoms with van der Waals surface area (Å²) in [6.07, 6.45) is 0. The van der Waals surface area contributed by atoms with Crippen molar-refractivity contribution in [2.24, 2.45) is 0 Å². The Bertz CT molecular complexity index is 1090. The third kappa shape index (κ3) is 3.68. The van der Waals surface area contributed by atoms with Crippen LogP contribution in [0.25, 0.3) is 32.1 Å². The highest BCUT2D eigenvalue weighted by Crippen LogP contribution is 2.34. The molecule has 27 heavy (non-hydrogen) atoms. The summed E-state index contributed by atoms with van der Waals surface area (Å²) in [6.45, 7) is 9.25. The molecular formula is C23H26N2OS. The molecule has 0 fully saturated rings. The van der Waals surface area contributed by atoms with Crippen molar-refractivity contribution < 1.29 is 0 Å². The van der Waals surface area contributed by atoms with E-state index in [0.717, 1.165) is 38.7 Å². The first-order valence-corrected chi connectivity index (χ1v) is 10.4. The largest absolute Gasteiger partial charge is 0.321 e. The van der Waals surface area contributed by atoms with Gasteiger partial charge in [0, 0.05) is 22.3 Å². The standard InChI is InChI=1S/C21H20N2OS.C2H6/c1-3-22-13(2)14-7-9-15(10-8-14)16-5-4-6-18-19(16)17-11-12-25-20(17)21(24)23-18;1-2/h4-13,22H,3H2,1-2H3,(H,23,24);1-2H3. The van der Waals surface area contributed by atoms with Gasteiger partial charge in [-0.25, -0.2) is 0 Å². The topological polar surface area (TPSA) is 44.9 Å². The maximum absolute atomic E-state index is 12.2. The molecule has 2 aromatic heterocycles. The summed E-state index contributed by atoms with van der Waals surface area (Å²) < 4.78 is 0.789. The molecule has 0 aliphatic heterocycles. The molecule has 4 aromatic rings. The van der Waals surface area contributed by atoms with Crippen molar-refractivity contribution in [3.63, 3.8) is 0 Å². The number of aromatic amines is 1. The van der Waals surface area contributed by atoms with Crippen LogP contribution < -0.4 is 10.9 Å². The van der Waals surface area contributed by atoms with Gasteiger partial charge in [-0.3, -0.25) is 4.79 Å². The van der Waals surface area contributed by atoms with E-state index in [1.54, 1.807) is 0 Å². The van der Waals surface area contributed by atoms with Crippen LogP contribution in [0.5, 0.6) is 0 Å². The average molecular weight is 379 g/mol. The third-order valence-corrected chi connectivity index (χ3v) is 5.60. The van der Waals surface area contributed by atoms with Gasteiger partial charge < -0.3 is 10.3 Å². The van der Waals surface area contributed by atoms with Crippen molar-refractivity contribution in [3.05, 3.63) is 69.8 Å². The van der Waals surface area contributed by atoms with Crippen molar-refractivity contribution in [2.75, 3.05) is 6.54 Å². The van der Waals surface area contributed by atoms with E-state index in [2.05, 4.69) is 54.5 Å². The molecule has 0 bridgehead atoms. The lowest BCUT2D eigenvalue weighted by Crippen LogP contribution is -2.17. The third-order valence-electron chi connectivity index (χ3n) is 4.69. The number of rotatable bonds is 4. The van der Waals surface area contributed by atoms with Crippen LogP contribution in [0.2, 0.25) is 0 Å². The van der Waals surface area contributed by atoms with E-state index in [1.165, 1.54) is 16.9 Å². The number of hydrogen-bond acceptors (Lipinski definition) is 3. The van der Waals surface area contributed by atoms with Crippen LogP contribution in [-0.2, 0) is 0 Å². The minimum atomic E-state index is -0.00976. The normalized spacial score (nSPS) is 12.0. The minimum absolute atomic E-state index is 0.00976. The number of H-pyrrole nitrogens is 1. The van der Waals surface area contributed by atoms with E-state index in [9.17, 15) is 4.79 Å². The summed E-state index contributed by atoms with van der Waals surface area (Å²) >= 11 is 1.49. The van der Waals surface area contributed by atoms with Gasteiger partial charge in [0.25, 0.3) is 5.56 Å². The lowest BCUT2D eigenvalue weighted by molar-refractivity contribution is 0.598. The predicted molar refractivity (Wildman–Crippen MR) is 119 cm³/mol. The molecule has 0 aliphatic rings. The Morgan fingerprint density at radius 1 is 1.07 bits per heavy atom. The van der Waals surface area contributed by atoms with Gasteiger partial charge >= 0.3 is 0 Å². The maximum atomic E-state index is 12.2. The molecule has 1 atom stereocenters. The van der Waals surface area contributed by atoms with Gasteiger partial charge in [0.2, 0.25) is 0 Å². The second kappa shape index (κ2) is 8.51. The second-order valence-electron chi connectivity index (χ2n) is 6.25. The van der Waals surface area contributed by atoms with Gasteiger partial charge in [-0.15, -0.1) is 11.3 Å². The first-order valence-electron chi connectivity index (χ1n) is 9.55. The van der Waals surface area contributed by atoms with Gasteiger partial charge in [-0.05, 0) is 47.7 Å². The lowest BCUT2D eigenvalue weighted by Gasteiger charge is -2.14. The summed E-state index contributed by atoms with van der Waals surface area (Å²) in [5.41, 5.74) is 4.47. The fourth-order valence-electron chi connectivity index (χ4n) is 3.42. The van der Waals surface area contributed by atoms with E-state index in [-0.39, 0.29) is 5.56 Å². The van der Waals surface area contributed by atoms with Crippen molar-refractivity contribution >= 4 is 32.3 Å². The number of pyridine rings is 1. The Labute approximate surface area is 164 Å². The van der Waals surface area contributed by atoms with Crippen LogP contribution in [-0.4, -0.2) is 11.5 Å². The zero-order valence-electron chi connectivity index (χ0n) is 16.3. The average Bonchev–Trinajstić information content (AvgIpc) is 3.20. The zero-order chi connectivity index (χ0) is 19.4. The Kier molecular flexibility index (Phi) is 6.09. The molecule has 3 nitrogen and oxygen atoms in total. The van der Waals surface area contributed by atoms with Gasteiger partial charge in [0.05, 0.1) is 0 Å². The highest BCUT2D eigenvalue weighted by atomic mass is 32.1. The van der Waals surface area contributed by atoms with Crippen molar-refractivity contribution in [3.8, 4) is 11.1 Å². The second-order valence-corrected chi connectivity index (χ2v) is 7.16. The molecule has 0 saturated heterocycles. The lowest BCUT2D eigenvalue weighted by atomic mass is 9.96. The Hall–Kier alpha value is -2.43. The molecule has 4 heteroatoms. The number of benzene rings is 2. The van der Waals surface area contributed by atoms with Crippen LogP contribution in [0.15, 0.2) is 58.7 Å². The van der Waals surface area contributed by atoms with E-state index in [0.29, 0.717) is 6.04 Å². The molecule has 1 unspecified atom stereocenters. The highest BCUT2D eigenvalue weighted by molar-refractivity contribution is 7.17. The molecule has 0 amide bonds. The Morgan fingerprint density at radius 2 is 1.81 bits per heavy atom. The Morgan fingerprint density at radius 3 is 2.52 bits per heavy atom. The molecular weight excluding hydrogens is 352 g/mol. The molecule has 2 aromatic carbocycles. The molecule has 140 valence electrons. The van der Waals surface area contributed by atoms with E-state index < -0.39 is 0 Å². The first-order chi connectivity index (χ1) is 13.2. The van der Waals surface area contributed by atoms with Crippen molar-refractivity contribution in [2.45, 2.75) is 33.7 Å². The number of thiophene rings is 1. The molecule has 2 heterocycles. The molecule has 4 rings (SSSR count). The Balaban J connectivity index is 0.00000102. The molecule has 0 radical (unpaired) electrons. The van der Waals surface area contributed by atoms with Gasteiger partial charge in [0.15, 0.2) is 0 Å². The van der Waals surface area contributed by atoms with Crippen molar-refractivity contribution in [1.82, 2.24) is 10.3 Å². The molecule has 0 aliphatic carbocycles. The number of nitrogens with one attached hydrogen (secondary N) is 2. The highest BCUT2D eigenvalue weighted by Gasteiger charge is 2.12. The fourth-order valence-corrected chi connectivity index (χ4v) is 4.22. The van der Waals surface area contributed by atoms with Gasteiger partial charge in [0.1, 0.15) is 4.70 Å². The number of fused-ring (bicyclic) bond motifs is 3. The first kappa shape index (κ1) is 19.3. The van der Waals surface area contributed by atoms with Crippen LogP contribution >= 0.6 is 11.3 Å². The SMILES string of the molecule is CC.CCNC(C)c1ccc(-c2cccc3[nH]c(=O)c4sccc4c23)cc1. The predicted octanol–water partition coefficient (Wildman–Crippen LogP) is 6.11. The summed E-state index contributed by atoms with van der Waals surface area (Å²) in [7, 11) is 0. The van der Waals surface area contributed by atoms with Gasteiger partial charge in [-0.1, -0.05) is 57.2 Å².